The maximum Gasteiger partial charge on any atom is 0.165 e. The number of halogens is 1. The van der Waals surface area contributed by atoms with Gasteiger partial charge in [-0.1, -0.05) is 19.4 Å². The first-order chi connectivity index (χ1) is 9.74. The summed E-state index contributed by atoms with van der Waals surface area (Å²) in [7, 11) is 0. The van der Waals surface area contributed by atoms with Gasteiger partial charge in [0.25, 0.3) is 0 Å². The second kappa shape index (κ2) is 7.60. The molecule has 20 heavy (non-hydrogen) atoms. The van der Waals surface area contributed by atoms with Gasteiger partial charge in [0.1, 0.15) is 0 Å². The molecule has 1 aliphatic rings. The van der Waals surface area contributed by atoms with Gasteiger partial charge in [-0.15, -0.1) is 0 Å². The molecule has 1 aromatic carbocycles. The highest BCUT2D eigenvalue weighted by atomic mass is 19.1. The van der Waals surface area contributed by atoms with Crippen LogP contribution in [0.25, 0.3) is 0 Å². The summed E-state index contributed by atoms with van der Waals surface area (Å²) in [6, 6.07) is 5.88. The van der Waals surface area contributed by atoms with E-state index in [1.807, 2.05) is 13.0 Å². The molecule has 1 fully saturated rings. The first-order valence-electron chi connectivity index (χ1n) is 7.60. The van der Waals surface area contributed by atoms with Crippen LogP contribution in [0.15, 0.2) is 18.2 Å². The Labute approximate surface area is 121 Å². The van der Waals surface area contributed by atoms with Crippen molar-refractivity contribution in [3.8, 4) is 5.75 Å². The lowest BCUT2D eigenvalue weighted by molar-refractivity contribution is 0.144. The van der Waals surface area contributed by atoms with Crippen LogP contribution in [0.2, 0.25) is 0 Å². The SMILES string of the molecule is CCCC1CNCCN1Cc1ccc(OCC)c(F)c1. The molecule has 0 saturated carbocycles. The van der Waals surface area contributed by atoms with E-state index < -0.39 is 0 Å². The topological polar surface area (TPSA) is 24.5 Å². The maximum absolute atomic E-state index is 13.9. The first-order valence-corrected chi connectivity index (χ1v) is 7.60. The molecule has 1 N–H and O–H groups in total. The van der Waals surface area contributed by atoms with E-state index in [1.54, 1.807) is 12.1 Å². The molecule has 1 aliphatic heterocycles. The summed E-state index contributed by atoms with van der Waals surface area (Å²) in [4.78, 5) is 2.45. The van der Waals surface area contributed by atoms with Crippen LogP contribution in [0.3, 0.4) is 0 Å². The predicted molar refractivity (Wildman–Crippen MR) is 79.5 cm³/mol. The molecular formula is C16H25FN2O. The van der Waals surface area contributed by atoms with Gasteiger partial charge in [0.2, 0.25) is 0 Å². The first kappa shape index (κ1) is 15.3. The smallest absolute Gasteiger partial charge is 0.165 e. The molecular weight excluding hydrogens is 255 g/mol. The minimum absolute atomic E-state index is 0.258. The van der Waals surface area contributed by atoms with Crippen molar-refractivity contribution in [2.24, 2.45) is 0 Å². The lowest BCUT2D eigenvalue weighted by Crippen LogP contribution is -2.50. The van der Waals surface area contributed by atoms with Crippen molar-refractivity contribution >= 4 is 0 Å². The highest BCUT2D eigenvalue weighted by Gasteiger charge is 2.21. The number of hydrogen-bond donors (Lipinski definition) is 1. The van der Waals surface area contributed by atoms with E-state index in [9.17, 15) is 4.39 Å². The summed E-state index contributed by atoms with van der Waals surface area (Å²) in [5.41, 5.74) is 1.02. The van der Waals surface area contributed by atoms with Crippen LogP contribution in [0, 0.1) is 5.82 Å². The third-order valence-corrected chi connectivity index (χ3v) is 3.78. The van der Waals surface area contributed by atoms with Crippen LogP contribution in [0.1, 0.15) is 32.3 Å². The summed E-state index contributed by atoms with van der Waals surface area (Å²) in [5.74, 6) is 0.0909. The lowest BCUT2D eigenvalue weighted by Gasteiger charge is -2.36. The average molecular weight is 280 g/mol. The van der Waals surface area contributed by atoms with Crippen molar-refractivity contribution in [2.75, 3.05) is 26.2 Å². The predicted octanol–water partition coefficient (Wildman–Crippen LogP) is 2.80. The number of nitrogens with one attached hydrogen (secondary N) is 1. The number of benzene rings is 1. The Bertz CT molecular complexity index is 423. The molecule has 1 unspecified atom stereocenters. The Kier molecular flexibility index (Phi) is 5.80. The molecule has 4 heteroatoms. The highest BCUT2D eigenvalue weighted by molar-refractivity contribution is 5.29. The van der Waals surface area contributed by atoms with Crippen molar-refractivity contribution in [3.63, 3.8) is 0 Å². The quantitative estimate of drug-likeness (QED) is 0.867. The standard InChI is InChI=1S/C16H25FN2O/c1-3-5-14-11-18-8-9-19(14)12-13-6-7-16(20-4-2)15(17)10-13/h6-7,10,14,18H,3-5,8-9,11-12H2,1-2H3. The lowest BCUT2D eigenvalue weighted by atomic mass is 10.1. The van der Waals surface area contributed by atoms with Crippen LogP contribution in [0.5, 0.6) is 5.75 Å². The Morgan fingerprint density at radius 3 is 2.95 bits per heavy atom. The van der Waals surface area contributed by atoms with Crippen molar-refractivity contribution in [2.45, 2.75) is 39.3 Å². The molecule has 0 radical (unpaired) electrons. The Hall–Kier alpha value is -1.13. The molecule has 3 nitrogen and oxygen atoms in total. The number of rotatable bonds is 6. The molecule has 0 bridgehead atoms. The van der Waals surface area contributed by atoms with Crippen molar-refractivity contribution in [1.82, 2.24) is 10.2 Å². The molecule has 1 atom stereocenters. The van der Waals surface area contributed by atoms with E-state index in [-0.39, 0.29) is 5.82 Å². The van der Waals surface area contributed by atoms with Gasteiger partial charge in [0, 0.05) is 32.2 Å². The van der Waals surface area contributed by atoms with Gasteiger partial charge < -0.3 is 10.1 Å². The molecule has 0 amide bonds. The minimum Gasteiger partial charge on any atom is -0.491 e. The van der Waals surface area contributed by atoms with Crippen LogP contribution in [-0.2, 0) is 6.54 Å². The number of hydrogen-bond acceptors (Lipinski definition) is 3. The van der Waals surface area contributed by atoms with Gasteiger partial charge >= 0.3 is 0 Å². The van der Waals surface area contributed by atoms with E-state index in [0.29, 0.717) is 18.4 Å². The number of piperazine rings is 1. The fourth-order valence-corrected chi connectivity index (χ4v) is 2.78. The number of nitrogens with zero attached hydrogens (tertiary/aromatic N) is 1. The molecule has 0 spiro atoms. The van der Waals surface area contributed by atoms with Crippen molar-refractivity contribution in [1.29, 1.82) is 0 Å². The van der Waals surface area contributed by atoms with Crippen LogP contribution < -0.4 is 10.1 Å². The second-order valence-corrected chi connectivity index (χ2v) is 5.31. The third kappa shape index (κ3) is 3.93. The average Bonchev–Trinajstić information content (AvgIpc) is 2.44. The van der Waals surface area contributed by atoms with Gasteiger partial charge in [-0.25, -0.2) is 4.39 Å². The summed E-state index contributed by atoms with van der Waals surface area (Å²) >= 11 is 0. The van der Waals surface area contributed by atoms with E-state index >= 15 is 0 Å². The zero-order valence-electron chi connectivity index (χ0n) is 12.5. The van der Waals surface area contributed by atoms with Crippen LogP contribution in [0.4, 0.5) is 4.39 Å². The minimum atomic E-state index is -0.258. The van der Waals surface area contributed by atoms with E-state index in [4.69, 9.17) is 4.74 Å². The number of ether oxygens (including phenoxy) is 1. The highest BCUT2D eigenvalue weighted by Crippen LogP contribution is 2.21. The molecule has 0 aliphatic carbocycles. The molecule has 1 aromatic rings. The monoisotopic (exact) mass is 280 g/mol. The van der Waals surface area contributed by atoms with E-state index in [0.717, 1.165) is 31.7 Å². The Balaban J connectivity index is 2.02. The molecule has 1 saturated heterocycles. The van der Waals surface area contributed by atoms with Gasteiger partial charge in [-0.05, 0) is 31.0 Å². The fraction of sp³-hybridized carbons (Fsp3) is 0.625. The summed E-state index contributed by atoms with van der Waals surface area (Å²) in [6.07, 6.45) is 2.37. The molecule has 1 heterocycles. The van der Waals surface area contributed by atoms with Gasteiger partial charge in [0.15, 0.2) is 11.6 Å². The normalized spacial score (nSPS) is 20.1. The Morgan fingerprint density at radius 2 is 2.25 bits per heavy atom. The van der Waals surface area contributed by atoms with Crippen molar-refractivity contribution < 1.29 is 9.13 Å². The van der Waals surface area contributed by atoms with E-state index in [1.165, 1.54) is 12.8 Å². The van der Waals surface area contributed by atoms with Gasteiger partial charge in [-0.2, -0.15) is 0 Å². The van der Waals surface area contributed by atoms with E-state index in [2.05, 4.69) is 17.1 Å². The largest absolute Gasteiger partial charge is 0.491 e. The molecule has 2 rings (SSSR count). The zero-order chi connectivity index (χ0) is 14.4. The fourth-order valence-electron chi connectivity index (χ4n) is 2.78. The summed E-state index contributed by atoms with van der Waals surface area (Å²) in [5, 5.41) is 3.44. The summed E-state index contributed by atoms with van der Waals surface area (Å²) in [6.45, 7) is 8.46. The van der Waals surface area contributed by atoms with Crippen molar-refractivity contribution in [3.05, 3.63) is 29.6 Å². The third-order valence-electron chi connectivity index (χ3n) is 3.78. The zero-order valence-corrected chi connectivity index (χ0v) is 12.5. The van der Waals surface area contributed by atoms with Crippen LogP contribution in [-0.4, -0.2) is 37.2 Å². The van der Waals surface area contributed by atoms with Gasteiger partial charge in [-0.3, -0.25) is 4.90 Å². The molecule has 112 valence electrons. The van der Waals surface area contributed by atoms with Crippen LogP contribution >= 0.6 is 0 Å². The molecule has 0 aromatic heterocycles. The van der Waals surface area contributed by atoms with Gasteiger partial charge in [0.05, 0.1) is 6.61 Å². The maximum atomic E-state index is 13.9. The second-order valence-electron chi connectivity index (χ2n) is 5.31. The summed E-state index contributed by atoms with van der Waals surface area (Å²) < 4.78 is 19.1. The Morgan fingerprint density at radius 1 is 1.40 bits per heavy atom.